The van der Waals surface area contributed by atoms with E-state index in [0.29, 0.717) is 30.0 Å². The van der Waals surface area contributed by atoms with Crippen LogP contribution >= 0.6 is 0 Å². The van der Waals surface area contributed by atoms with Gasteiger partial charge in [0.2, 0.25) is 5.91 Å². The van der Waals surface area contributed by atoms with E-state index in [1.807, 2.05) is 20.8 Å². The highest BCUT2D eigenvalue weighted by Crippen LogP contribution is 2.63. The Morgan fingerprint density at radius 2 is 1.86 bits per heavy atom. The second kappa shape index (κ2) is 6.14. The topological polar surface area (TPSA) is 63.2 Å². The Bertz CT molecular complexity index is 801. The van der Waals surface area contributed by atoms with Gasteiger partial charge >= 0.3 is 0 Å². The second-order valence-corrected chi connectivity index (χ2v) is 10.9. The third-order valence-electron chi connectivity index (χ3n) is 8.30. The standard InChI is InChI=1S/C24H33NO3/c1-22(2,3)21(28)25-19-13-15-16-6-7-20(27)24(16,5)11-9-17(15)23(4)10-8-14(26)12-18(19)23/h8,10,12,15-17,19H,6-7,9,11,13H2,1-5H3,(H,25,28)/t15-,16-,17-,19+,23+,24-/m0/s1. The van der Waals surface area contributed by atoms with E-state index in [0.717, 1.165) is 31.3 Å². The van der Waals surface area contributed by atoms with Crippen LogP contribution < -0.4 is 5.32 Å². The number of amides is 1. The average Bonchev–Trinajstić information content (AvgIpc) is 2.91. The lowest BCUT2D eigenvalue weighted by Gasteiger charge is -2.57. The smallest absolute Gasteiger partial charge is 0.225 e. The van der Waals surface area contributed by atoms with E-state index in [2.05, 4.69) is 25.2 Å². The van der Waals surface area contributed by atoms with Gasteiger partial charge in [0.15, 0.2) is 5.78 Å². The number of hydrogen-bond donors (Lipinski definition) is 1. The van der Waals surface area contributed by atoms with Crippen LogP contribution in [0.3, 0.4) is 0 Å². The molecule has 3 saturated carbocycles. The number of allylic oxidation sites excluding steroid dienone is 3. The molecule has 0 unspecified atom stereocenters. The molecule has 0 aromatic carbocycles. The third-order valence-corrected chi connectivity index (χ3v) is 8.30. The van der Waals surface area contributed by atoms with Crippen LogP contribution in [0.25, 0.3) is 0 Å². The highest BCUT2D eigenvalue weighted by atomic mass is 16.2. The molecule has 4 aliphatic carbocycles. The molecule has 6 atom stereocenters. The zero-order chi connectivity index (χ0) is 20.5. The van der Waals surface area contributed by atoms with E-state index in [4.69, 9.17) is 0 Å². The van der Waals surface area contributed by atoms with E-state index in [9.17, 15) is 14.4 Å². The lowest BCUT2D eigenvalue weighted by Crippen LogP contribution is -2.57. The quantitative estimate of drug-likeness (QED) is 0.744. The lowest BCUT2D eigenvalue weighted by molar-refractivity contribution is -0.134. The van der Waals surface area contributed by atoms with Crippen molar-refractivity contribution in [1.29, 1.82) is 0 Å². The van der Waals surface area contributed by atoms with Gasteiger partial charge in [-0.15, -0.1) is 0 Å². The fourth-order valence-corrected chi connectivity index (χ4v) is 6.56. The van der Waals surface area contributed by atoms with E-state index in [-0.39, 0.29) is 28.6 Å². The number of Topliss-reactive ketones (excluding diaryl/α,β-unsaturated/α-hetero) is 1. The highest BCUT2D eigenvalue weighted by Gasteiger charge is 2.60. The van der Waals surface area contributed by atoms with Gasteiger partial charge in [-0.1, -0.05) is 40.7 Å². The predicted octanol–water partition coefficient (Wildman–Crippen LogP) is 4.00. The summed E-state index contributed by atoms with van der Waals surface area (Å²) in [5.74, 6) is 1.66. The molecule has 1 N–H and O–H groups in total. The molecule has 4 rings (SSSR count). The summed E-state index contributed by atoms with van der Waals surface area (Å²) >= 11 is 0. The van der Waals surface area contributed by atoms with Gasteiger partial charge in [0.1, 0.15) is 5.78 Å². The lowest BCUT2D eigenvalue weighted by atomic mass is 9.47. The molecule has 3 fully saturated rings. The Hall–Kier alpha value is -1.71. The van der Waals surface area contributed by atoms with Crippen molar-refractivity contribution in [3.63, 3.8) is 0 Å². The van der Waals surface area contributed by atoms with Crippen LogP contribution in [0.15, 0.2) is 23.8 Å². The fourth-order valence-electron chi connectivity index (χ4n) is 6.56. The molecule has 4 aliphatic rings. The molecule has 0 saturated heterocycles. The summed E-state index contributed by atoms with van der Waals surface area (Å²) in [7, 11) is 0. The normalized spacial score (nSPS) is 42.4. The summed E-state index contributed by atoms with van der Waals surface area (Å²) in [6.07, 6.45) is 9.99. The number of nitrogens with one attached hydrogen (secondary N) is 1. The molecule has 1 amide bonds. The summed E-state index contributed by atoms with van der Waals surface area (Å²) in [5.41, 5.74) is 0.157. The number of rotatable bonds is 1. The molecule has 0 spiro atoms. The zero-order valence-corrected chi connectivity index (χ0v) is 17.8. The van der Waals surface area contributed by atoms with Crippen molar-refractivity contribution < 1.29 is 14.4 Å². The summed E-state index contributed by atoms with van der Waals surface area (Å²) in [6.45, 7) is 10.1. The number of hydrogen-bond acceptors (Lipinski definition) is 3. The maximum absolute atomic E-state index is 12.8. The SMILES string of the molecule is CC(C)(C)C(=O)N[C@@H]1C[C@@H]2[C@H](CC[C@]3(C)C(=O)CC[C@@H]23)[C@@]2(C)C=CC(=O)C=C12. The van der Waals surface area contributed by atoms with Crippen LogP contribution in [0.1, 0.15) is 66.7 Å². The molecule has 4 heteroatoms. The van der Waals surface area contributed by atoms with Crippen molar-refractivity contribution in [2.24, 2.45) is 34.0 Å². The summed E-state index contributed by atoms with van der Waals surface area (Å²) in [4.78, 5) is 37.7. The van der Waals surface area contributed by atoms with E-state index in [1.165, 1.54) is 0 Å². The molecule has 0 aromatic rings. The molecule has 28 heavy (non-hydrogen) atoms. The maximum Gasteiger partial charge on any atom is 0.225 e. The Balaban J connectivity index is 1.73. The first-order valence-corrected chi connectivity index (χ1v) is 10.8. The summed E-state index contributed by atoms with van der Waals surface area (Å²) in [6, 6.07) is -0.134. The fraction of sp³-hybridized carbons (Fsp3) is 0.708. The van der Waals surface area contributed by atoms with Gasteiger partial charge in [-0.2, -0.15) is 0 Å². The van der Waals surface area contributed by atoms with Crippen LogP contribution in [0.4, 0.5) is 0 Å². The number of fused-ring (bicyclic) bond motifs is 5. The van der Waals surface area contributed by atoms with Crippen LogP contribution in [-0.2, 0) is 14.4 Å². The first kappa shape index (κ1) is 19.6. The van der Waals surface area contributed by atoms with Crippen LogP contribution in [0.5, 0.6) is 0 Å². The van der Waals surface area contributed by atoms with Gasteiger partial charge in [-0.3, -0.25) is 14.4 Å². The first-order valence-electron chi connectivity index (χ1n) is 10.8. The van der Waals surface area contributed by atoms with Gasteiger partial charge in [0, 0.05) is 22.7 Å². The van der Waals surface area contributed by atoms with Crippen molar-refractivity contribution in [3.05, 3.63) is 23.8 Å². The van der Waals surface area contributed by atoms with Crippen molar-refractivity contribution >= 4 is 17.5 Å². The highest BCUT2D eigenvalue weighted by molar-refractivity contribution is 6.01. The monoisotopic (exact) mass is 383 g/mol. The molecule has 0 heterocycles. The number of ketones is 2. The predicted molar refractivity (Wildman–Crippen MR) is 108 cm³/mol. The number of carbonyl (C=O) groups excluding carboxylic acids is 3. The molecule has 0 aliphatic heterocycles. The van der Waals surface area contributed by atoms with Crippen molar-refractivity contribution in [1.82, 2.24) is 5.32 Å². The van der Waals surface area contributed by atoms with Gasteiger partial charge in [0.05, 0.1) is 6.04 Å². The number of carbonyl (C=O) groups is 3. The van der Waals surface area contributed by atoms with E-state index in [1.54, 1.807) is 12.2 Å². The Kier molecular flexibility index (Phi) is 4.30. The molecule has 4 nitrogen and oxygen atoms in total. The molecule has 0 radical (unpaired) electrons. The van der Waals surface area contributed by atoms with Crippen LogP contribution in [0.2, 0.25) is 0 Å². The van der Waals surface area contributed by atoms with Gasteiger partial charge < -0.3 is 5.32 Å². The van der Waals surface area contributed by atoms with E-state index >= 15 is 0 Å². The van der Waals surface area contributed by atoms with Crippen LogP contribution in [-0.4, -0.2) is 23.5 Å². The summed E-state index contributed by atoms with van der Waals surface area (Å²) < 4.78 is 0. The minimum absolute atomic E-state index is 0.0117. The molecule has 0 bridgehead atoms. The Morgan fingerprint density at radius 1 is 1.14 bits per heavy atom. The van der Waals surface area contributed by atoms with Gasteiger partial charge in [0.25, 0.3) is 0 Å². The van der Waals surface area contributed by atoms with Crippen LogP contribution in [0, 0.1) is 34.0 Å². The largest absolute Gasteiger partial charge is 0.349 e. The molecule has 152 valence electrons. The average molecular weight is 384 g/mol. The van der Waals surface area contributed by atoms with Gasteiger partial charge in [-0.25, -0.2) is 0 Å². The zero-order valence-electron chi connectivity index (χ0n) is 17.8. The maximum atomic E-state index is 12.8. The molecular weight excluding hydrogens is 350 g/mol. The van der Waals surface area contributed by atoms with Crippen molar-refractivity contribution in [3.8, 4) is 0 Å². The minimum atomic E-state index is -0.479. The third kappa shape index (κ3) is 2.74. The second-order valence-electron chi connectivity index (χ2n) is 10.9. The molecule has 0 aromatic heterocycles. The Labute approximate surface area is 168 Å². The Morgan fingerprint density at radius 3 is 2.54 bits per heavy atom. The van der Waals surface area contributed by atoms with Gasteiger partial charge in [-0.05, 0) is 61.2 Å². The van der Waals surface area contributed by atoms with Crippen molar-refractivity contribution in [2.75, 3.05) is 0 Å². The molecular formula is C24H33NO3. The van der Waals surface area contributed by atoms with Crippen molar-refractivity contribution in [2.45, 2.75) is 72.8 Å². The van der Waals surface area contributed by atoms with E-state index < -0.39 is 5.41 Å². The first-order chi connectivity index (χ1) is 13.0. The summed E-state index contributed by atoms with van der Waals surface area (Å²) in [5, 5.41) is 3.26. The minimum Gasteiger partial charge on any atom is -0.349 e.